The summed E-state index contributed by atoms with van der Waals surface area (Å²) in [6, 6.07) is 8.31. The van der Waals surface area contributed by atoms with Crippen molar-refractivity contribution < 1.29 is 4.74 Å². The molecule has 1 unspecified atom stereocenters. The van der Waals surface area contributed by atoms with Crippen LogP contribution >= 0.6 is 27.3 Å². The summed E-state index contributed by atoms with van der Waals surface area (Å²) in [4.78, 5) is 0. The maximum Gasteiger partial charge on any atom is 0.127 e. The molecule has 2 aromatic rings. The molecule has 0 bridgehead atoms. The highest BCUT2D eigenvalue weighted by Crippen LogP contribution is 2.37. The smallest absolute Gasteiger partial charge is 0.127 e. The summed E-state index contributed by atoms with van der Waals surface area (Å²) in [6.45, 7) is 0.761. The molecular weight excluding hydrogens is 312 g/mol. The van der Waals surface area contributed by atoms with Gasteiger partial charge in [0.2, 0.25) is 0 Å². The largest absolute Gasteiger partial charge is 0.493 e. The van der Waals surface area contributed by atoms with Crippen LogP contribution < -0.4 is 16.0 Å². The van der Waals surface area contributed by atoms with Gasteiger partial charge in [-0.1, -0.05) is 18.2 Å². The van der Waals surface area contributed by atoms with E-state index in [0.717, 1.165) is 33.7 Å². The van der Waals surface area contributed by atoms with Crippen molar-refractivity contribution in [1.82, 2.24) is 5.43 Å². The molecule has 0 aliphatic carbocycles. The second kappa shape index (κ2) is 5.01. The van der Waals surface area contributed by atoms with Gasteiger partial charge in [-0.25, -0.2) is 5.43 Å². The number of nitrogens with two attached hydrogens (primary N) is 1. The predicted octanol–water partition coefficient (Wildman–Crippen LogP) is 3.00. The normalized spacial score (nSPS) is 15.2. The molecule has 3 nitrogen and oxygen atoms in total. The number of rotatable bonds is 3. The molecule has 1 aliphatic rings. The number of benzene rings is 1. The molecular formula is C13H13BrN2OS. The summed E-state index contributed by atoms with van der Waals surface area (Å²) in [5.74, 6) is 6.71. The fraction of sp³-hybridized carbons (Fsp3) is 0.231. The highest BCUT2D eigenvalue weighted by Gasteiger charge is 2.23. The number of thiophene rings is 1. The van der Waals surface area contributed by atoms with E-state index in [1.54, 1.807) is 11.3 Å². The van der Waals surface area contributed by atoms with Crippen molar-refractivity contribution >= 4 is 27.3 Å². The Labute approximate surface area is 118 Å². The van der Waals surface area contributed by atoms with Crippen molar-refractivity contribution in [1.29, 1.82) is 0 Å². The lowest BCUT2D eigenvalue weighted by Crippen LogP contribution is -2.28. The zero-order valence-corrected chi connectivity index (χ0v) is 12.1. The van der Waals surface area contributed by atoms with Gasteiger partial charge in [0.15, 0.2) is 0 Å². The van der Waals surface area contributed by atoms with Crippen LogP contribution in [0, 0.1) is 0 Å². The molecule has 1 aromatic heterocycles. The van der Waals surface area contributed by atoms with Crippen LogP contribution in [0.15, 0.2) is 33.4 Å². The van der Waals surface area contributed by atoms with Gasteiger partial charge in [0.1, 0.15) is 5.75 Å². The Morgan fingerprint density at radius 1 is 1.44 bits per heavy atom. The van der Waals surface area contributed by atoms with E-state index in [4.69, 9.17) is 10.6 Å². The highest BCUT2D eigenvalue weighted by molar-refractivity contribution is 9.11. The summed E-state index contributed by atoms with van der Waals surface area (Å²) in [6.07, 6.45) is 0.980. The van der Waals surface area contributed by atoms with Gasteiger partial charge in [-0.05, 0) is 38.5 Å². The molecule has 3 N–H and O–H groups in total. The van der Waals surface area contributed by atoms with E-state index in [1.807, 2.05) is 0 Å². The Bertz CT molecular complexity index is 570. The second-order valence-electron chi connectivity index (χ2n) is 4.22. The van der Waals surface area contributed by atoms with Crippen molar-refractivity contribution in [2.24, 2.45) is 5.84 Å². The van der Waals surface area contributed by atoms with Gasteiger partial charge in [0.25, 0.3) is 0 Å². The number of halogens is 1. The van der Waals surface area contributed by atoms with Crippen molar-refractivity contribution in [2.45, 2.75) is 12.5 Å². The van der Waals surface area contributed by atoms with E-state index in [2.05, 4.69) is 51.0 Å². The van der Waals surface area contributed by atoms with Crippen LogP contribution in [-0.2, 0) is 6.42 Å². The van der Waals surface area contributed by atoms with E-state index >= 15 is 0 Å². The van der Waals surface area contributed by atoms with Crippen LogP contribution in [0.2, 0.25) is 0 Å². The summed E-state index contributed by atoms with van der Waals surface area (Å²) in [5, 5.41) is 2.10. The van der Waals surface area contributed by atoms with Gasteiger partial charge in [0.05, 0.1) is 16.4 Å². The number of nitrogens with one attached hydrogen (secondary N) is 1. The SMILES string of the molecule is NNC(c1csc(Br)c1)c1cccc2c1OCC2. The van der Waals surface area contributed by atoms with Crippen LogP contribution in [0.3, 0.4) is 0 Å². The molecule has 0 amide bonds. The lowest BCUT2D eigenvalue weighted by Gasteiger charge is -2.18. The molecule has 94 valence electrons. The zero-order valence-electron chi connectivity index (χ0n) is 9.65. The summed E-state index contributed by atoms with van der Waals surface area (Å²) in [7, 11) is 0. The molecule has 0 fully saturated rings. The Morgan fingerprint density at radius 3 is 3.06 bits per heavy atom. The first-order valence-electron chi connectivity index (χ1n) is 5.74. The molecule has 18 heavy (non-hydrogen) atoms. The Kier molecular flexibility index (Phi) is 3.39. The standard InChI is InChI=1S/C13H13BrN2OS/c14-11-6-9(7-18-11)12(16-15)10-3-1-2-8-4-5-17-13(8)10/h1-3,6-7,12,16H,4-5,15H2. The highest BCUT2D eigenvalue weighted by atomic mass is 79.9. The Hall–Kier alpha value is -0.880. The maximum atomic E-state index is 5.74. The van der Waals surface area contributed by atoms with Crippen LogP contribution in [0.1, 0.15) is 22.7 Å². The molecule has 1 aromatic carbocycles. The number of ether oxygens (including phenoxy) is 1. The maximum absolute atomic E-state index is 5.74. The number of para-hydroxylation sites is 1. The number of hydrogen-bond donors (Lipinski definition) is 2. The lowest BCUT2D eigenvalue weighted by atomic mass is 9.98. The quantitative estimate of drug-likeness (QED) is 0.674. The minimum Gasteiger partial charge on any atom is -0.493 e. The van der Waals surface area contributed by atoms with Gasteiger partial charge < -0.3 is 4.74 Å². The molecule has 0 saturated heterocycles. The monoisotopic (exact) mass is 324 g/mol. The first-order valence-corrected chi connectivity index (χ1v) is 7.41. The first-order chi connectivity index (χ1) is 8.79. The zero-order chi connectivity index (χ0) is 12.5. The topological polar surface area (TPSA) is 47.3 Å². The number of fused-ring (bicyclic) bond motifs is 1. The average molecular weight is 325 g/mol. The molecule has 1 aliphatic heterocycles. The third-order valence-corrected chi connectivity index (χ3v) is 4.67. The van der Waals surface area contributed by atoms with E-state index in [-0.39, 0.29) is 6.04 Å². The van der Waals surface area contributed by atoms with E-state index in [9.17, 15) is 0 Å². The van der Waals surface area contributed by atoms with Crippen LogP contribution in [0.5, 0.6) is 5.75 Å². The fourth-order valence-corrected chi connectivity index (χ4v) is 3.51. The third kappa shape index (κ3) is 2.07. The number of hydrazine groups is 1. The molecule has 0 spiro atoms. The molecule has 0 radical (unpaired) electrons. The van der Waals surface area contributed by atoms with Gasteiger partial charge in [0, 0.05) is 12.0 Å². The first kappa shape index (κ1) is 12.2. The Morgan fingerprint density at radius 2 is 2.33 bits per heavy atom. The van der Waals surface area contributed by atoms with E-state index < -0.39 is 0 Å². The van der Waals surface area contributed by atoms with E-state index in [0.29, 0.717) is 0 Å². The number of hydrogen-bond acceptors (Lipinski definition) is 4. The Balaban J connectivity index is 2.05. The minimum atomic E-state index is -0.0272. The summed E-state index contributed by atoms with van der Waals surface area (Å²) in [5.41, 5.74) is 6.41. The molecule has 0 saturated carbocycles. The second-order valence-corrected chi connectivity index (χ2v) is 6.51. The van der Waals surface area contributed by atoms with Crippen LogP contribution in [-0.4, -0.2) is 6.61 Å². The minimum absolute atomic E-state index is 0.0272. The third-order valence-electron chi connectivity index (χ3n) is 3.14. The summed E-state index contributed by atoms with van der Waals surface area (Å²) < 4.78 is 6.84. The lowest BCUT2D eigenvalue weighted by molar-refractivity contribution is 0.350. The molecule has 3 rings (SSSR count). The average Bonchev–Trinajstić information content (AvgIpc) is 2.99. The molecule has 5 heteroatoms. The van der Waals surface area contributed by atoms with Gasteiger partial charge in [-0.15, -0.1) is 11.3 Å². The molecule has 1 atom stereocenters. The van der Waals surface area contributed by atoms with Crippen molar-refractivity contribution in [3.8, 4) is 5.75 Å². The van der Waals surface area contributed by atoms with Crippen molar-refractivity contribution in [3.05, 3.63) is 50.1 Å². The van der Waals surface area contributed by atoms with Gasteiger partial charge in [-0.2, -0.15) is 0 Å². The van der Waals surface area contributed by atoms with Crippen molar-refractivity contribution in [2.75, 3.05) is 6.61 Å². The summed E-state index contributed by atoms with van der Waals surface area (Å²) >= 11 is 5.14. The van der Waals surface area contributed by atoms with E-state index in [1.165, 1.54) is 5.56 Å². The molecule has 2 heterocycles. The predicted molar refractivity (Wildman–Crippen MR) is 76.8 cm³/mol. The van der Waals surface area contributed by atoms with Gasteiger partial charge in [-0.3, -0.25) is 5.84 Å². The van der Waals surface area contributed by atoms with Crippen LogP contribution in [0.25, 0.3) is 0 Å². The fourth-order valence-electron chi connectivity index (χ4n) is 2.31. The van der Waals surface area contributed by atoms with Crippen LogP contribution in [0.4, 0.5) is 0 Å². The van der Waals surface area contributed by atoms with Gasteiger partial charge >= 0.3 is 0 Å². The van der Waals surface area contributed by atoms with Crippen molar-refractivity contribution in [3.63, 3.8) is 0 Å².